The van der Waals surface area contributed by atoms with Crippen molar-refractivity contribution >= 4 is 11.6 Å². The molecule has 0 aliphatic carbocycles. The zero-order chi connectivity index (χ0) is 13.8. The normalized spacial score (nSPS) is 11.2. The molecule has 1 heterocycles. The number of nitrogens with one attached hydrogen (secondary N) is 1. The van der Waals surface area contributed by atoms with Crippen LogP contribution in [0.15, 0.2) is 29.0 Å². The van der Waals surface area contributed by atoms with Crippen LogP contribution in [0.25, 0.3) is 11.3 Å². The van der Waals surface area contributed by atoms with Gasteiger partial charge in [0.15, 0.2) is 18.0 Å². The number of oxazole rings is 1. The molecular weight excluding hydrogens is 267 g/mol. The van der Waals surface area contributed by atoms with E-state index in [0.717, 1.165) is 6.54 Å². The van der Waals surface area contributed by atoms with E-state index in [1.807, 2.05) is 0 Å². The molecule has 2 rings (SSSR count). The van der Waals surface area contributed by atoms with Crippen molar-refractivity contribution in [1.82, 2.24) is 10.3 Å². The van der Waals surface area contributed by atoms with Gasteiger partial charge in [0.25, 0.3) is 0 Å². The number of nitrogens with zero attached hydrogens (tertiary/aromatic N) is 1. The Morgan fingerprint density at radius 3 is 2.95 bits per heavy atom. The molecule has 5 heteroatoms. The highest BCUT2D eigenvalue weighted by atomic mass is 35.5. The predicted octanol–water partition coefficient (Wildman–Crippen LogP) is 3.88. The van der Waals surface area contributed by atoms with Crippen LogP contribution < -0.4 is 5.32 Å². The number of rotatable bonds is 5. The SMILES string of the molecule is CC(C)CNCc1ncoc1-c1cccc(Cl)c1F. The average molecular weight is 283 g/mol. The topological polar surface area (TPSA) is 38.1 Å². The van der Waals surface area contributed by atoms with E-state index in [4.69, 9.17) is 16.0 Å². The summed E-state index contributed by atoms with van der Waals surface area (Å²) in [6.07, 6.45) is 1.32. The Morgan fingerprint density at radius 2 is 2.21 bits per heavy atom. The fourth-order valence-electron chi connectivity index (χ4n) is 1.77. The second-order valence-electron chi connectivity index (χ2n) is 4.75. The molecule has 19 heavy (non-hydrogen) atoms. The second-order valence-corrected chi connectivity index (χ2v) is 5.16. The van der Waals surface area contributed by atoms with E-state index in [1.54, 1.807) is 12.1 Å². The largest absolute Gasteiger partial charge is 0.443 e. The van der Waals surface area contributed by atoms with Gasteiger partial charge in [0, 0.05) is 6.54 Å². The van der Waals surface area contributed by atoms with E-state index >= 15 is 0 Å². The van der Waals surface area contributed by atoms with Gasteiger partial charge < -0.3 is 9.73 Å². The van der Waals surface area contributed by atoms with Gasteiger partial charge in [-0.3, -0.25) is 0 Å². The summed E-state index contributed by atoms with van der Waals surface area (Å²) >= 11 is 5.78. The minimum Gasteiger partial charge on any atom is -0.443 e. The van der Waals surface area contributed by atoms with Crippen LogP contribution in [0.3, 0.4) is 0 Å². The van der Waals surface area contributed by atoms with Gasteiger partial charge in [-0.15, -0.1) is 0 Å². The quantitative estimate of drug-likeness (QED) is 0.904. The lowest BCUT2D eigenvalue weighted by atomic mass is 10.1. The molecule has 0 bridgehead atoms. The lowest BCUT2D eigenvalue weighted by molar-refractivity contribution is 0.542. The molecule has 1 aromatic heterocycles. The monoisotopic (exact) mass is 282 g/mol. The lowest BCUT2D eigenvalue weighted by Gasteiger charge is -2.07. The Balaban J connectivity index is 2.21. The summed E-state index contributed by atoms with van der Waals surface area (Å²) in [7, 11) is 0. The minimum absolute atomic E-state index is 0.0787. The second kappa shape index (κ2) is 6.17. The summed E-state index contributed by atoms with van der Waals surface area (Å²) in [5.74, 6) is 0.487. The van der Waals surface area contributed by atoms with Crippen molar-refractivity contribution in [2.75, 3.05) is 6.54 Å². The van der Waals surface area contributed by atoms with E-state index in [-0.39, 0.29) is 5.02 Å². The van der Waals surface area contributed by atoms with Crippen LogP contribution >= 0.6 is 11.6 Å². The van der Waals surface area contributed by atoms with Crippen LogP contribution in [0.5, 0.6) is 0 Å². The number of hydrogen-bond acceptors (Lipinski definition) is 3. The summed E-state index contributed by atoms with van der Waals surface area (Å²) in [5, 5.41) is 3.33. The molecule has 0 saturated carbocycles. The molecule has 0 aliphatic rings. The maximum absolute atomic E-state index is 14.0. The molecule has 0 atom stereocenters. The fourth-order valence-corrected chi connectivity index (χ4v) is 1.95. The van der Waals surface area contributed by atoms with Gasteiger partial charge in [0.1, 0.15) is 5.69 Å². The van der Waals surface area contributed by atoms with Crippen LogP contribution in [0.4, 0.5) is 4.39 Å². The molecule has 0 amide bonds. The lowest BCUT2D eigenvalue weighted by Crippen LogP contribution is -2.19. The molecule has 0 fully saturated rings. The zero-order valence-electron chi connectivity index (χ0n) is 10.9. The van der Waals surface area contributed by atoms with Crippen LogP contribution in [0, 0.1) is 11.7 Å². The molecular formula is C14H16ClFN2O. The summed E-state index contributed by atoms with van der Waals surface area (Å²) < 4.78 is 19.2. The van der Waals surface area contributed by atoms with Crippen molar-refractivity contribution in [1.29, 1.82) is 0 Å². The van der Waals surface area contributed by atoms with Crippen molar-refractivity contribution in [2.45, 2.75) is 20.4 Å². The third-order valence-electron chi connectivity index (χ3n) is 2.68. The minimum atomic E-state index is -0.481. The summed E-state index contributed by atoms with van der Waals surface area (Å²) in [6, 6.07) is 4.83. The maximum atomic E-state index is 14.0. The molecule has 0 radical (unpaired) electrons. The van der Waals surface area contributed by atoms with E-state index in [9.17, 15) is 4.39 Å². The van der Waals surface area contributed by atoms with Crippen molar-refractivity contribution in [3.63, 3.8) is 0 Å². The Labute approximate surface area is 116 Å². The van der Waals surface area contributed by atoms with Gasteiger partial charge >= 0.3 is 0 Å². The number of aromatic nitrogens is 1. The van der Waals surface area contributed by atoms with Crippen molar-refractivity contribution in [3.05, 3.63) is 41.1 Å². The van der Waals surface area contributed by atoms with Crippen LogP contribution in [-0.2, 0) is 6.54 Å². The van der Waals surface area contributed by atoms with Crippen molar-refractivity contribution in [3.8, 4) is 11.3 Å². The third-order valence-corrected chi connectivity index (χ3v) is 2.97. The van der Waals surface area contributed by atoms with Crippen molar-refractivity contribution in [2.24, 2.45) is 5.92 Å². The smallest absolute Gasteiger partial charge is 0.181 e. The first-order valence-electron chi connectivity index (χ1n) is 6.17. The molecule has 0 saturated heterocycles. The highest BCUT2D eigenvalue weighted by Crippen LogP contribution is 2.29. The Bertz CT molecular complexity index is 554. The van der Waals surface area contributed by atoms with E-state index in [2.05, 4.69) is 24.1 Å². The van der Waals surface area contributed by atoms with Crippen LogP contribution in [-0.4, -0.2) is 11.5 Å². The van der Waals surface area contributed by atoms with Gasteiger partial charge in [0.05, 0.1) is 10.6 Å². The van der Waals surface area contributed by atoms with Gasteiger partial charge in [-0.2, -0.15) is 0 Å². The van der Waals surface area contributed by atoms with Gasteiger partial charge in [-0.1, -0.05) is 31.5 Å². The van der Waals surface area contributed by atoms with E-state index in [1.165, 1.54) is 12.5 Å². The summed E-state index contributed by atoms with van der Waals surface area (Å²) in [6.45, 7) is 5.64. The number of hydrogen-bond donors (Lipinski definition) is 1. The van der Waals surface area contributed by atoms with Crippen LogP contribution in [0.2, 0.25) is 5.02 Å². The summed E-state index contributed by atoms with van der Waals surface area (Å²) in [5.41, 5.74) is 1.02. The van der Waals surface area contributed by atoms with Gasteiger partial charge in [-0.05, 0) is 24.6 Å². The molecule has 0 spiro atoms. The predicted molar refractivity (Wildman–Crippen MR) is 73.5 cm³/mol. The Morgan fingerprint density at radius 1 is 1.42 bits per heavy atom. The number of halogens is 2. The highest BCUT2D eigenvalue weighted by Gasteiger charge is 2.16. The first-order chi connectivity index (χ1) is 9.09. The third kappa shape index (κ3) is 3.33. The van der Waals surface area contributed by atoms with Crippen LogP contribution in [0.1, 0.15) is 19.5 Å². The van der Waals surface area contributed by atoms with E-state index in [0.29, 0.717) is 29.5 Å². The molecule has 2 aromatic rings. The number of benzene rings is 1. The zero-order valence-corrected chi connectivity index (χ0v) is 11.7. The fraction of sp³-hybridized carbons (Fsp3) is 0.357. The molecule has 102 valence electrons. The Kier molecular flexibility index (Phi) is 4.56. The first-order valence-corrected chi connectivity index (χ1v) is 6.55. The Hall–Kier alpha value is -1.39. The van der Waals surface area contributed by atoms with Gasteiger partial charge in [-0.25, -0.2) is 9.37 Å². The average Bonchev–Trinajstić information content (AvgIpc) is 2.80. The first kappa shape index (κ1) is 14.0. The molecule has 1 N–H and O–H groups in total. The molecule has 0 aliphatic heterocycles. The molecule has 3 nitrogen and oxygen atoms in total. The van der Waals surface area contributed by atoms with E-state index < -0.39 is 5.82 Å². The van der Waals surface area contributed by atoms with Gasteiger partial charge in [0.2, 0.25) is 0 Å². The summed E-state index contributed by atoms with van der Waals surface area (Å²) in [4.78, 5) is 4.12. The maximum Gasteiger partial charge on any atom is 0.181 e. The van der Waals surface area contributed by atoms with Crippen molar-refractivity contribution < 1.29 is 8.81 Å². The molecule has 1 aromatic carbocycles. The molecule has 0 unspecified atom stereocenters. The standard InChI is InChI=1S/C14H16ClFN2O/c1-9(2)6-17-7-12-14(19-8-18-12)10-4-3-5-11(15)13(10)16/h3-5,8-9,17H,6-7H2,1-2H3. The highest BCUT2D eigenvalue weighted by molar-refractivity contribution is 6.31.